The molecule has 1 saturated heterocycles. The molecule has 3 N–H and O–H groups in total. The first-order valence-electron chi connectivity index (χ1n) is 5.19. The van der Waals surface area contributed by atoms with Gasteiger partial charge in [-0.25, -0.2) is 0 Å². The van der Waals surface area contributed by atoms with E-state index in [1.807, 2.05) is 0 Å². The van der Waals surface area contributed by atoms with Gasteiger partial charge in [0.05, 0.1) is 6.61 Å². The van der Waals surface area contributed by atoms with Crippen molar-refractivity contribution in [3.8, 4) is 0 Å². The number of aliphatic hydroxyl groups excluding tert-OH is 3. The molecule has 1 unspecified atom stereocenters. The molecule has 0 aromatic rings. The van der Waals surface area contributed by atoms with Crippen LogP contribution in [0.5, 0.6) is 0 Å². The highest BCUT2D eigenvalue weighted by Gasteiger charge is 2.48. The Hall–Kier alpha value is 0.520. The summed E-state index contributed by atoms with van der Waals surface area (Å²) in [4.78, 5) is 0. The van der Waals surface area contributed by atoms with Gasteiger partial charge in [-0.05, 0) is 23.2 Å². The molecule has 3 nitrogen and oxygen atoms in total. The molecule has 5 heteroatoms. The van der Waals surface area contributed by atoms with Gasteiger partial charge in [0.2, 0.25) is 0 Å². The highest BCUT2D eigenvalue weighted by atomic mass is 35.5. The van der Waals surface area contributed by atoms with Gasteiger partial charge in [0.25, 0.3) is 0 Å². The standard InChI is InChI=1S/C10H21O3S.ClH/c1-7(2)3-4-14-6-8(12)10(13)9(14)5-11;/h7-13H,3-6H2,1-2H3;1H/q+1;/p-1/t8-,9-,10+,14?;/m1./s1. The predicted molar refractivity (Wildman–Crippen MR) is 59.4 cm³/mol. The van der Waals surface area contributed by atoms with Gasteiger partial charge in [0.15, 0.2) is 5.25 Å². The second-order valence-electron chi connectivity index (χ2n) is 4.37. The van der Waals surface area contributed by atoms with Gasteiger partial charge >= 0.3 is 0 Å². The van der Waals surface area contributed by atoms with E-state index >= 15 is 0 Å². The third-order valence-corrected chi connectivity index (χ3v) is 5.54. The fourth-order valence-electron chi connectivity index (χ4n) is 1.72. The molecule has 1 fully saturated rings. The molecule has 0 amide bonds. The predicted octanol–water partition coefficient (Wildman–Crippen LogP) is -3.25. The molecule has 15 heavy (non-hydrogen) atoms. The molecular formula is C10H21ClO3S. The van der Waals surface area contributed by atoms with Crippen LogP contribution < -0.4 is 12.4 Å². The number of aliphatic hydroxyl groups is 3. The molecule has 0 spiro atoms. The average molecular weight is 257 g/mol. The first kappa shape index (κ1) is 15.5. The summed E-state index contributed by atoms with van der Waals surface area (Å²) >= 11 is 0. The Bertz CT molecular complexity index is 180. The van der Waals surface area contributed by atoms with E-state index in [1.165, 1.54) is 0 Å². The largest absolute Gasteiger partial charge is 1.00 e. The van der Waals surface area contributed by atoms with Crippen molar-refractivity contribution in [1.29, 1.82) is 0 Å². The van der Waals surface area contributed by atoms with Gasteiger partial charge in [-0.2, -0.15) is 0 Å². The summed E-state index contributed by atoms with van der Waals surface area (Å²) in [7, 11) is 0.00414. The van der Waals surface area contributed by atoms with Gasteiger partial charge in [-0.3, -0.25) is 0 Å². The lowest BCUT2D eigenvalue weighted by molar-refractivity contribution is -0.00000672. The minimum Gasteiger partial charge on any atom is -1.00 e. The summed E-state index contributed by atoms with van der Waals surface area (Å²) in [6.45, 7) is 4.33. The van der Waals surface area contributed by atoms with Crippen molar-refractivity contribution in [2.75, 3.05) is 18.1 Å². The fraction of sp³-hybridized carbons (Fsp3) is 1.00. The molecule has 1 aliphatic rings. The summed E-state index contributed by atoms with van der Waals surface area (Å²) in [6, 6.07) is 0. The van der Waals surface area contributed by atoms with Gasteiger partial charge in [-0.1, -0.05) is 13.8 Å². The number of hydrogen-bond acceptors (Lipinski definition) is 3. The quantitative estimate of drug-likeness (QED) is 0.463. The number of hydrogen-bond donors (Lipinski definition) is 3. The molecule has 0 bridgehead atoms. The van der Waals surface area contributed by atoms with Gasteiger partial charge in [-0.15, -0.1) is 0 Å². The van der Waals surface area contributed by atoms with E-state index in [-0.39, 0.29) is 35.2 Å². The minimum absolute atomic E-state index is 0. The maximum Gasteiger partial charge on any atom is 0.169 e. The third kappa shape index (κ3) is 4.11. The van der Waals surface area contributed by atoms with Crippen LogP contribution in [0.1, 0.15) is 20.3 Å². The highest BCUT2D eigenvalue weighted by molar-refractivity contribution is 7.97. The van der Waals surface area contributed by atoms with Crippen LogP contribution >= 0.6 is 0 Å². The Morgan fingerprint density at radius 3 is 2.40 bits per heavy atom. The number of halogens is 1. The van der Waals surface area contributed by atoms with Gasteiger partial charge < -0.3 is 27.7 Å². The zero-order valence-electron chi connectivity index (χ0n) is 9.27. The lowest BCUT2D eigenvalue weighted by atomic mass is 10.2. The normalized spacial score (nSPS) is 35.6. The van der Waals surface area contributed by atoms with Crippen LogP contribution in [-0.2, 0) is 10.9 Å². The molecule has 4 atom stereocenters. The molecule has 1 rings (SSSR count). The van der Waals surface area contributed by atoms with E-state index in [0.29, 0.717) is 11.7 Å². The van der Waals surface area contributed by atoms with Crippen molar-refractivity contribution in [2.24, 2.45) is 5.92 Å². The average Bonchev–Trinajstić information content (AvgIpc) is 2.39. The summed E-state index contributed by atoms with van der Waals surface area (Å²) in [5.41, 5.74) is 0. The van der Waals surface area contributed by atoms with Crippen LogP contribution in [0.2, 0.25) is 0 Å². The summed E-state index contributed by atoms with van der Waals surface area (Å²) in [5.74, 6) is 2.34. The highest BCUT2D eigenvalue weighted by Crippen LogP contribution is 2.25. The second kappa shape index (κ2) is 6.97. The van der Waals surface area contributed by atoms with E-state index in [1.54, 1.807) is 0 Å². The molecule has 0 aliphatic carbocycles. The van der Waals surface area contributed by atoms with E-state index in [0.717, 1.165) is 12.2 Å². The lowest BCUT2D eigenvalue weighted by Crippen LogP contribution is -3.00. The van der Waals surface area contributed by atoms with Crippen molar-refractivity contribution >= 4 is 10.9 Å². The third-order valence-electron chi connectivity index (χ3n) is 2.73. The molecule has 0 saturated carbocycles. The SMILES string of the molecule is CC(C)CC[S+]1C[C@@H](O)[C@H](O)[C@H]1CO.[Cl-]. The molecule has 0 aromatic carbocycles. The zero-order valence-corrected chi connectivity index (χ0v) is 10.8. The van der Waals surface area contributed by atoms with Crippen molar-refractivity contribution in [3.63, 3.8) is 0 Å². The first-order chi connectivity index (χ1) is 6.56. The Kier molecular flexibility index (Phi) is 7.21. The van der Waals surface area contributed by atoms with Crippen LogP contribution in [0.15, 0.2) is 0 Å². The van der Waals surface area contributed by atoms with Crippen molar-refractivity contribution in [3.05, 3.63) is 0 Å². The van der Waals surface area contributed by atoms with E-state index in [9.17, 15) is 10.2 Å². The Morgan fingerprint density at radius 1 is 1.33 bits per heavy atom. The van der Waals surface area contributed by atoms with E-state index < -0.39 is 12.2 Å². The molecule has 1 aliphatic heterocycles. The van der Waals surface area contributed by atoms with Crippen molar-refractivity contribution < 1.29 is 27.7 Å². The monoisotopic (exact) mass is 256 g/mol. The molecule has 0 radical (unpaired) electrons. The number of rotatable bonds is 4. The summed E-state index contributed by atoms with van der Waals surface area (Å²) in [5, 5.41) is 28.1. The summed E-state index contributed by atoms with van der Waals surface area (Å²) in [6.07, 6.45) is -0.225. The van der Waals surface area contributed by atoms with Gasteiger partial charge in [0, 0.05) is 0 Å². The van der Waals surface area contributed by atoms with Crippen LogP contribution in [-0.4, -0.2) is 50.9 Å². The van der Waals surface area contributed by atoms with Crippen LogP contribution in [0, 0.1) is 5.92 Å². The van der Waals surface area contributed by atoms with Crippen LogP contribution in [0.4, 0.5) is 0 Å². The molecular weight excluding hydrogens is 236 g/mol. The van der Waals surface area contributed by atoms with Crippen molar-refractivity contribution in [2.45, 2.75) is 37.7 Å². The topological polar surface area (TPSA) is 60.7 Å². The van der Waals surface area contributed by atoms with Crippen molar-refractivity contribution in [1.82, 2.24) is 0 Å². The Labute approximate surface area is 101 Å². The fourth-order valence-corrected chi connectivity index (χ4v) is 4.63. The molecule has 92 valence electrons. The van der Waals surface area contributed by atoms with Gasteiger partial charge in [0.1, 0.15) is 23.7 Å². The zero-order chi connectivity index (χ0) is 10.7. The maximum atomic E-state index is 9.59. The first-order valence-corrected chi connectivity index (χ1v) is 6.82. The lowest BCUT2D eigenvalue weighted by Gasteiger charge is -2.12. The van der Waals surface area contributed by atoms with Crippen LogP contribution in [0.25, 0.3) is 0 Å². The van der Waals surface area contributed by atoms with Crippen LogP contribution in [0.3, 0.4) is 0 Å². The summed E-state index contributed by atoms with van der Waals surface area (Å²) < 4.78 is 0. The minimum atomic E-state index is -0.713. The molecule has 0 aromatic heterocycles. The maximum absolute atomic E-state index is 9.59. The van der Waals surface area contributed by atoms with E-state index in [2.05, 4.69) is 13.8 Å². The second-order valence-corrected chi connectivity index (χ2v) is 6.79. The Morgan fingerprint density at radius 2 is 1.93 bits per heavy atom. The molecule has 1 heterocycles. The van der Waals surface area contributed by atoms with E-state index in [4.69, 9.17) is 5.11 Å². The Balaban J connectivity index is 0.00000196. The smallest absolute Gasteiger partial charge is 0.169 e.